The number of ether oxygens (including phenoxy) is 1. The van der Waals surface area contributed by atoms with Crippen LogP contribution in [0.1, 0.15) is 5.56 Å². The van der Waals surface area contributed by atoms with Crippen molar-refractivity contribution in [2.45, 2.75) is 0 Å². The van der Waals surface area contributed by atoms with Gasteiger partial charge in [-0.1, -0.05) is 30.3 Å². The molecule has 1 fully saturated rings. The number of benzene rings is 1. The molecule has 6 heteroatoms. The lowest BCUT2D eigenvalue weighted by molar-refractivity contribution is 0.122. The van der Waals surface area contributed by atoms with Crippen molar-refractivity contribution in [3.63, 3.8) is 0 Å². The number of morpholine rings is 1. The number of hydrogen-bond donors (Lipinski definition) is 1. The van der Waals surface area contributed by atoms with E-state index in [2.05, 4.69) is 11.1 Å². The minimum Gasteiger partial charge on any atom is -0.383 e. The van der Waals surface area contributed by atoms with Gasteiger partial charge in [-0.3, -0.25) is 0 Å². The number of pyridine rings is 2. The van der Waals surface area contributed by atoms with E-state index in [1.807, 2.05) is 47.4 Å². The van der Waals surface area contributed by atoms with Crippen molar-refractivity contribution in [3.8, 4) is 17.3 Å². The van der Waals surface area contributed by atoms with E-state index in [0.717, 1.165) is 11.3 Å². The molecule has 0 amide bonds. The Balaban J connectivity index is 1.92. The second kappa shape index (κ2) is 6.38. The highest BCUT2D eigenvalue weighted by molar-refractivity contribution is 5.96. The standard InChI is InChI=1S/C19H17N5O/c20-12-15-17-14(6-7-16(22-17)13-4-2-1-3-5-13)18(21)23-19(15)24-8-10-25-11-9-24/h1-7H,8-11H2,(H2,21,23). The molecule has 0 spiro atoms. The van der Waals surface area contributed by atoms with Crippen molar-refractivity contribution in [1.29, 1.82) is 5.26 Å². The molecule has 2 N–H and O–H groups in total. The molecular weight excluding hydrogens is 314 g/mol. The molecule has 1 aliphatic rings. The number of anilines is 2. The molecule has 3 heterocycles. The van der Waals surface area contributed by atoms with Crippen molar-refractivity contribution in [2.75, 3.05) is 36.9 Å². The van der Waals surface area contributed by atoms with E-state index >= 15 is 0 Å². The van der Waals surface area contributed by atoms with Gasteiger partial charge in [-0.05, 0) is 12.1 Å². The van der Waals surface area contributed by atoms with Crippen LogP contribution in [0.5, 0.6) is 0 Å². The third-order valence-corrected chi connectivity index (χ3v) is 4.35. The molecule has 124 valence electrons. The minimum absolute atomic E-state index is 0.391. The van der Waals surface area contributed by atoms with Crippen LogP contribution in [0.15, 0.2) is 42.5 Å². The molecule has 0 radical (unpaired) electrons. The quantitative estimate of drug-likeness (QED) is 0.776. The fraction of sp³-hybridized carbons (Fsp3) is 0.211. The van der Waals surface area contributed by atoms with Gasteiger partial charge in [-0.2, -0.15) is 5.26 Å². The normalized spacial score (nSPS) is 14.4. The van der Waals surface area contributed by atoms with E-state index in [-0.39, 0.29) is 0 Å². The molecule has 6 nitrogen and oxygen atoms in total. The number of nitrogens with zero attached hydrogens (tertiary/aromatic N) is 4. The maximum atomic E-state index is 9.77. The molecule has 0 aliphatic carbocycles. The lowest BCUT2D eigenvalue weighted by atomic mass is 10.1. The fourth-order valence-electron chi connectivity index (χ4n) is 3.07. The highest BCUT2D eigenvalue weighted by atomic mass is 16.5. The van der Waals surface area contributed by atoms with Crippen LogP contribution in [0.25, 0.3) is 22.2 Å². The number of nitrogens with two attached hydrogens (primary N) is 1. The first kappa shape index (κ1) is 15.4. The largest absolute Gasteiger partial charge is 0.383 e. The fourth-order valence-corrected chi connectivity index (χ4v) is 3.07. The Morgan fingerprint density at radius 3 is 2.52 bits per heavy atom. The van der Waals surface area contributed by atoms with Crippen LogP contribution < -0.4 is 10.6 Å². The summed E-state index contributed by atoms with van der Waals surface area (Å²) < 4.78 is 5.39. The third-order valence-electron chi connectivity index (χ3n) is 4.35. The van der Waals surface area contributed by atoms with Crippen LogP contribution in [0.3, 0.4) is 0 Å². The molecule has 3 aromatic rings. The minimum atomic E-state index is 0.391. The lowest BCUT2D eigenvalue weighted by Gasteiger charge is -2.28. The van der Waals surface area contributed by atoms with Crippen LogP contribution in [-0.4, -0.2) is 36.3 Å². The molecule has 2 aromatic heterocycles. The first-order valence-corrected chi connectivity index (χ1v) is 8.16. The molecule has 0 bridgehead atoms. The zero-order valence-electron chi connectivity index (χ0n) is 13.6. The van der Waals surface area contributed by atoms with Gasteiger partial charge < -0.3 is 15.4 Å². The van der Waals surface area contributed by atoms with E-state index in [1.165, 1.54) is 0 Å². The highest BCUT2D eigenvalue weighted by Gasteiger charge is 2.21. The van der Waals surface area contributed by atoms with Gasteiger partial charge in [0.25, 0.3) is 0 Å². The molecule has 0 unspecified atom stereocenters. The number of hydrogen-bond acceptors (Lipinski definition) is 6. The Morgan fingerprint density at radius 1 is 1.04 bits per heavy atom. The molecule has 25 heavy (non-hydrogen) atoms. The van der Waals surface area contributed by atoms with Crippen molar-refractivity contribution >= 4 is 22.5 Å². The van der Waals surface area contributed by atoms with Crippen molar-refractivity contribution in [2.24, 2.45) is 0 Å². The molecule has 1 aromatic carbocycles. The van der Waals surface area contributed by atoms with Crippen LogP contribution >= 0.6 is 0 Å². The summed E-state index contributed by atoms with van der Waals surface area (Å²) in [5.41, 5.74) is 9.02. The van der Waals surface area contributed by atoms with Gasteiger partial charge >= 0.3 is 0 Å². The number of aromatic nitrogens is 2. The highest BCUT2D eigenvalue weighted by Crippen LogP contribution is 2.31. The van der Waals surface area contributed by atoms with Crippen LogP contribution in [0, 0.1) is 11.3 Å². The maximum absolute atomic E-state index is 9.77. The summed E-state index contributed by atoms with van der Waals surface area (Å²) in [4.78, 5) is 11.3. The average molecular weight is 331 g/mol. The van der Waals surface area contributed by atoms with Gasteiger partial charge in [-0.15, -0.1) is 0 Å². The molecule has 0 atom stereocenters. The van der Waals surface area contributed by atoms with Crippen molar-refractivity contribution in [1.82, 2.24) is 9.97 Å². The second-order valence-electron chi connectivity index (χ2n) is 5.87. The summed E-state index contributed by atoms with van der Waals surface area (Å²) in [5, 5.41) is 10.5. The van der Waals surface area contributed by atoms with E-state index in [0.29, 0.717) is 54.4 Å². The monoisotopic (exact) mass is 331 g/mol. The topological polar surface area (TPSA) is 88.1 Å². The predicted octanol–water partition coefficient (Wildman–Crippen LogP) is 2.59. The van der Waals surface area contributed by atoms with Crippen LogP contribution in [0.4, 0.5) is 11.6 Å². The summed E-state index contributed by atoms with van der Waals surface area (Å²) >= 11 is 0. The Kier molecular flexibility index (Phi) is 3.92. The van der Waals surface area contributed by atoms with Gasteiger partial charge in [0.05, 0.1) is 24.4 Å². The smallest absolute Gasteiger partial charge is 0.151 e. The molecule has 1 saturated heterocycles. The zero-order chi connectivity index (χ0) is 17.2. The van der Waals surface area contributed by atoms with E-state index < -0.39 is 0 Å². The predicted molar refractivity (Wildman–Crippen MR) is 97.1 cm³/mol. The Morgan fingerprint density at radius 2 is 1.80 bits per heavy atom. The summed E-state index contributed by atoms with van der Waals surface area (Å²) in [7, 11) is 0. The maximum Gasteiger partial charge on any atom is 0.151 e. The van der Waals surface area contributed by atoms with Crippen LogP contribution in [0.2, 0.25) is 0 Å². The second-order valence-corrected chi connectivity index (χ2v) is 5.87. The first-order chi connectivity index (χ1) is 12.3. The number of fused-ring (bicyclic) bond motifs is 1. The first-order valence-electron chi connectivity index (χ1n) is 8.16. The number of rotatable bonds is 2. The summed E-state index contributed by atoms with van der Waals surface area (Å²) in [5.74, 6) is 0.983. The van der Waals surface area contributed by atoms with Gasteiger partial charge in [0.1, 0.15) is 17.5 Å². The summed E-state index contributed by atoms with van der Waals surface area (Å²) in [6, 6.07) is 16.0. The molecule has 0 saturated carbocycles. The Labute approximate surface area is 145 Å². The van der Waals surface area contributed by atoms with Gasteiger partial charge in [0, 0.05) is 24.0 Å². The van der Waals surface area contributed by atoms with Crippen LogP contribution in [-0.2, 0) is 4.74 Å². The number of nitriles is 1. The molecule has 1 aliphatic heterocycles. The Bertz CT molecular complexity index is 959. The molecular formula is C19H17N5O. The average Bonchev–Trinajstić information content (AvgIpc) is 2.69. The lowest BCUT2D eigenvalue weighted by Crippen LogP contribution is -2.37. The molecule has 4 rings (SSSR count). The van der Waals surface area contributed by atoms with Crippen molar-refractivity contribution < 1.29 is 4.74 Å². The third kappa shape index (κ3) is 2.75. The van der Waals surface area contributed by atoms with E-state index in [9.17, 15) is 5.26 Å². The van der Waals surface area contributed by atoms with Gasteiger partial charge in [0.15, 0.2) is 5.82 Å². The number of nitrogen functional groups attached to an aromatic ring is 1. The van der Waals surface area contributed by atoms with E-state index in [1.54, 1.807) is 0 Å². The van der Waals surface area contributed by atoms with Crippen molar-refractivity contribution in [3.05, 3.63) is 48.0 Å². The van der Waals surface area contributed by atoms with Gasteiger partial charge in [-0.25, -0.2) is 9.97 Å². The van der Waals surface area contributed by atoms with Gasteiger partial charge in [0.2, 0.25) is 0 Å². The summed E-state index contributed by atoms with van der Waals surface area (Å²) in [6.07, 6.45) is 0. The zero-order valence-corrected chi connectivity index (χ0v) is 13.6. The van der Waals surface area contributed by atoms with E-state index in [4.69, 9.17) is 15.5 Å². The SMILES string of the molecule is N#Cc1c(N2CCOCC2)nc(N)c2ccc(-c3ccccc3)nc12. The Hall–Kier alpha value is -3.17. The summed E-state index contributed by atoms with van der Waals surface area (Å²) in [6.45, 7) is 2.60.